The van der Waals surface area contributed by atoms with Gasteiger partial charge in [0.25, 0.3) is 0 Å². The van der Waals surface area contributed by atoms with Gasteiger partial charge in [-0.25, -0.2) is 4.79 Å². The number of fused-ring (bicyclic) bond motifs is 1. The fraction of sp³-hybridized carbons (Fsp3) is 0.316. The molecule has 24 heavy (non-hydrogen) atoms. The van der Waals surface area contributed by atoms with Crippen LogP contribution in [0.15, 0.2) is 57.7 Å². The molecule has 1 unspecified atom stereocenters. The Labute approximate surface area is 145 Å². The Balaban J connectivity index is 1.92. The molecule has 1 aliphatic rings. The van der Waals surface area contributed by atoms with E-state index in [9.17, 15) is 4.79 Å². The highest BCUT2D eigenvalue weighted by Gasteiger charge is 2.27. The van der Waals surface area contributed by atoms with Crippen molar-refractivity contribution in [3.05, 3.63) is 69.7 Å². The van der Waals surface area contributed by atoms with Gasteiger partial charge in [-0.1, -0.05) is 48.4 Å². The molecule has 1 saturated heterocycles. The Morgan fingerprint density at radius 3 is 2.50 bits per heavy atom. The summed E-state index contributed by atoms with van der Waals surface area (Å²) < 4.78 is 7.21. The van der Waals surface area contributed by atoms with E-state index in [4.69, 9.17) is 16.0 Å². The number of likely N-dealkylation sites (tertiary alicyclic amines) is 1. The third-order valence-electron chi connectivity index (χ3n) is 4.65. The first-order valence-corrected chi connectivity index (χ1v) is 8.71. The van der Waals surface area contributed by atoms with Crippen LogP contribution in [0.4, 0.5) is 0 Å². The number of hydrogen-bond donors (Lipinski definition) is 0. The molecule has 0 N–H and O–H groups in total. The first-order valence-electron chi connectivity index (χ1n) is 8.33. The minimum Gasteiger partial charge on any atom is -0.408 e. The molecule has 4 nitrogen and oxygen atoms in total. The second-order valence-corrected chi connectivity index (χ2v) is 6.67. The van der Waals surface area contributed by atoms with E-state index in [1.54, 1.807) is 16.7 Å². The summed E-state index contributed by atoms with van der Waals surface area (Å²) in [4.78, 5) is 15.0. The lowest BCUT2D eigenvalue weighted by molar-refractivity contribution is 0.138. The van der Waals surface area contributed by atoms with Crippen molar-refractivity contribution in [3.8, 4) is 0 Å². The fourth-order valence-electron chi connectivity index (χ4n) is 3.55. The van der Waals surface area contributed by atoms with Gasteiger partial charge < -0.3 is 4.42 Å². The molecule has 0 saturated carbocycles. The Morgan fingerprint density at radius 2 is 1.75 bits per heavy atom. The van der Waals surface area contributed by atoms with E-state index < -0.39 is 0 Å². The van der Waals surface area contributed by atoms with Crippen molar-refractivity contribution in [2.75, 3.05) is 13.1 Å². The molecule has 1 fully saturated rings. The quantitative estimate of drug-likeness (QED) is 0.713. The van der Waals surface area contributed by atoms with Crippen LogP contribution in [-0.2, 0) is 0 Å². The van der Waals surface area contributed by atoms with Gasteiger partial charge in [0.05, 0.1) is 5.52 Å². The fourth-order valence-corrected chi connectivity index (χ4v) is 3.72. The third-order valence-corrected chi connectivity index (χ3v) is 4.89. The first-order chi connectivity index (χ1) is 11.7. The van der Waals surface area contributed by atoms with Crippen LogP contribution in [-0.4, -0.2) is 22.6 Å². The number of hydrogen-bond acceptors (Lipinski definition) is 3. The van der Waals surface area contributed by atoms with Crippen molar-refractivity contribution in [2.45, 2.75) is 25.4 Å². The van der Waals surface area contributed by atoms with Crippen LogP contribution < -0.4 is 5.76 Å². The molecular formula is C19H19ClN2O2. The van der Waals surface area contributed by atoms with Crippen molar-refractivity contribution >= 4 is 22.7 Å². The molecule has 5 heteroatoms. The molecule has 2 heterocycles. The molecule has 0 amide bonds. The van der Waals surface area contributed by atoms with Crippen molar-refractivity contribution in [1.29, 1.82) is 0 Å². The van der Waals surface area contributed by atoms with Crippen LogP contribution in [0.25, 0.3) is 11.1 Å². The monoisotopic (exact) mass is 342 g/mol. The van der Waals surface area contributed by atoms with Crippen LogP contribution in [0.1, 0.15) is 31.0 Å². The average molecular weight is 343 g/mol. The zero-order valence-corrected chi connectivity index (χ0v) is 14.1. The first kappa shape index (κ1) is 15.5. The van der Waals surface area contributed by atoms with Crippen LogP contribution in [0.2, 0.25) is 5.02 Å². The summed E-state index contributed by atoms with van der Waals surface area (Å²) in [7, 11) is 0. The SMILES string of the molecule is O=c1oc2ccc(Cl)cc2n1C(c1ccccc1)N1CCCCC1. The number of aromatic nitrogens is 1. The number of rotatable bonds is 3. The van der Waals surface area contributed by atoms with E-state index in [1.165, 1.54) is 6.42 Å². The van der Waals surface area contributed by atoms with E-state index in [-0.39, 0.29) is 11.9 Å². The number of oxazole rings is 1. The number of nitrogens with zero attached hydrogens (tertiary/aromatic N) is 2. The molecule has 2 aromatic carbocycles. The van der Waals surface area contributed by atoms with Crippen LogP contribution in [0.5, 0.6) is 0 Å². The van der Waals surface area contributed by atoms with Gasteiger partial charge in [-0.3, -0.25) is 9.47 Å². The highest BCUT2D eigenvalue weighted by Crippen LogP contribution is 2.29. The maximum atomic E-state index is 12.6. The van der Waals surface area contributed by atoms with E-state index in [1.807, 2.05) is 24.3 Å². The van der Waals surface area contributed by atoms with Gasteiger partial charge in [0.1, 0.15) is 6.17 Å². The summed E-state index contributed by atoms with van der Waals surface area (Å²) in [5.41, 5.74) is 2.40. The second kappa shape index (κ2) is 6.46. The highest BCUT2D eigenvalue weighted by molar-refractivity contribution is 6.31. The topological polar surface area (TPSA) is 38.4 Å². The number of piperidine rings is 1. The maximum absolute atomic E-state index is 12.6. The van der Waals surface area contributed by atoms with Gasteiger partial charge in [-0.15, -0.1) is 0 Å². The summed E-state index contributed by atoms with van der Waals surface area (Å²) in [5.74, 6) is -0.341. The van der Waals surface area contributed by atoms with Gasteiger partial charge in [-0.05, 0) is 36.6 Å². The standard InChI is InChI=1S/C19H19ClN2O2/c20-15-9-10-17-16(13-15)22(19(23)24-17)18(14-7-3-1-4-8-14)21-11-5-2-6-12-21/h1,3-4,7-10,13,18H,2,5-6,11-12H2. The molecule has 3 aromatic rings. The predicted octanol–water partition coefficient (Wildman–Crippen LogP) is 4.28. The zero-order valence-electron chi connectivity index (χ0n) is 13.3. The van der Waals surface area contributed by atoms with Crippen molar-refractivity contribution in [2.24, 2.45) is 0 Å². The molecule has 1 atom stereocenters. The second-order valence-electron chi connectivity index (χ2n) is 6.23. The molecule has 1 aromatic heterocycles. The van der Waals surface area contributed by atoms with Crippen LogP contribution in [0.3, 0.4) is 0 Å². The summed E-state index contributed by atoms with van der Waals surface area (Å²) >= 11 is 6.17. The molecule has 0 aliphatic carbocycles. The van der Waals surface area contributed by atoms with Gasteiger partial charge in [0.2, 0.25) is 0 Å². The van der Waals surface area contributed by atoms with Crippen molar-refractivity contribution in [1.82, 2.24) is 9.47 Å². The maximum Gasteiger partial charge on any atom is 0.421 e. The zero-order chi connectivity index (χ0) is 16.5. The molecule has 0 spiro atoms. The van der Waals surface area contributed by atoms with Crippen LogP contribution in [0, 0.1) is 0 Å². The predicted molar refractivity (Wildman–Crippen MR) is 95.5 cm³/mol. The minimum atomic E-state index is -0.341. The minimum absolute atomic E-state index is 0.168. The molecule has 1 aliphatic heterocycles. The largest absolute Gasteiger partial charge is 0.421 e. The van der Waals surface area contributed by atoms with Gasteiger partial charge in [0.15, 0.2) is 5.58 Å². The molecule has 0 bridgehead atoms. The summed E-state index contributed by atoms with van der Waals surface area (Å²) in [6, 6.07) is 15.4. The van der Waals surface area contributed by atoms with Gasteiger partial charge >= 0.3 is 5.76 Å². The van der Waals surface area contributed by atoms with Gasteiger partial charge in [0, 0.05) is 18.1 Å². The number of benzene rings is 2. The lowest BCUT2D eigenvalue weighted by Crippen LogP contribution is -2.40. The average Bonchev–Trinajstić information content (AvgIpc) is 2.93. The Morgan fingerprint density at radius 1 is 1.00 bits per heavy atom. The van der Waals surface area contributed by atoms with E-state index >= 15 is 0 Å². The lowest BCUT2D eigenvalue weighted by atomic mass is 10.1. The Kier molecular flexibility index (Phi) is 4.17. The van der Waals surface area contributed by atoms with Crippen LogP contribution >= 0.6 is 11.6 Å². The summed E-state index contributed by atoms with van der Waals surface area (Å²) in [6.45, 7) is 1.94. The Hall–Kier alpha value is -2.04. The van der Waals surface area contributed by atoms with Gasteiger partial charge in [-0.2, -0.15) is 0 Å². The smallest absolute Gasteiger partial charge is 0.408 e. The molecular weight excluding hydrogens is 324 g/mol. The lowest BCUT2D eigenvalue weighted by Gasteiger charge is -2.35. The Bertz CT molecular complexity index is 895. The molecule has 4 rings (SSSR count). The molecule has 124 valence electrons. The highest BCUT2D eigenvalue weighted by atomic mass is 35.5. The third kappa shape index (κ3) is 2.76. The summed E-state index contributed by atoms with van der Waals surface area (Å²) in [6.07, 6.45) is 3.37. The van der Waals surface area contributed by atoms with E-state index in [2.05, 4.69) is 17.0 Å². The normalized spacial score (nSPS) is 17.2. The van der Waals surface area contributed by atoms with Crippen molar-refractivity contribution < 1.29 is 4.42 Å². The van der Waals surface area contributed by atoms with E-state index in [0.717, 1.165) is 37.0 Å². The molecule has 0 radical (unpaired) electrons. The number of halogens is 1. The van der Waals surface area contributed by atoms with E-state index in [0.29, 0.717) is 10.6 Å². The summed E-state index contributed by atoms with van der Waals surface area (Å²) in [5, 5.41) is 0.600. The van der Waals surface area contributed by atoms with Crippen molar-refractivity contribution in [3.63, 3.8) is 0 Å².